The second-order valence-corrected chi connectivity index (χ2v) is 6.95. The zero-order valence-electron chi connectivity index (χ0n) is 14.9. The highest BCUT2D eigenvalue weighted by molar-refractivity contribution is 5.94. The number of piperidine rings is 1. The van der Waals surface area contributed by atoms with Crippen LogP contribution in [0.2, 0.25) is 0 Å². The van der Waals surface area contributed by atoms with E-state index in [1.165, 1.54) is 0 Å². The molecule has 2 unspecified atom stereocenters. The highest BCUT2D eigenvalue weighted by atomic mass is 16.5. The third-order valence-corrected chi connectivity index (χ3v) is 5.44. The van der Waals surface area contributed by atoms with Crippen molar-refractivity contribution in [3.05, 3.63) is 36.0 Å². The molecule has 136 valence electrons. The fraction of sp³-hybridized carbons (Fsp3) is 0.421. The molecule has 0 saturated carbocycles. The number of hydrogen-bond donors (Lipinski definition) is 1. The van der Waals surface area contributed by atoms with Gasteiger partial charge < -0.3 is 14.5 Å². The summed E-state index contributed by atoms with van der Waals surface area (Å²) in [6, 6.07) is 9.41. The van der Waals surface area contributed by atoms with Crippen molar-refractivity contribution in [3.63, 3.8) is 0 Å². The van der Waals surface area contributed by atoms with E-state index < -0.39 is 0 Å². The number of fused-ring (bicyclic) bond motifs is 4. The van der Waals surface area contributed by atoms with Crippen LogP contribution in [0.1, 0.15) is 23.3 Å². The Balaban J connectivity index is 1.58. The summed E-state index contributed by atoms with van der Waals surface area (Å²) in [5.74, 6) is 0.645. The molecule has 0 spiro atoms. The van der Waals surface area contributed by atoms with Gasteiger partial charge in [0.25, 0.3) is 5.91 Å². The van der Waals surface area contributed by atoms with Crippen molar-refractivity contribution in [2.45, 2.75) is 18.9 Å². The molecule has 3 fully saturated rings. The Morgan fingerprint density at radius 1 is 1.27 bits per heavy atom. The Labute approximate surface area is 151 Å². The molecule has 5 rings (SSSR count). The highest BCUT2D eigenvalue weighted by Gasteiger charge is 2.40. The summed E-state index contributed by atoms with van der Waals surface area (Å²) in [4.78, 5) is 28.9. The van der Waals surface area contributed by atoms with Crippen LogP contribution in [0.3, 0.4) is 0 Å². The molecule has 4 heterocycles. The molecular formula is C19H22N4O3. The molecule has 2 atom stereocenters. The molecule has 7 nitrogen and oxygen atoms in total. The van der Waals surface area contributed by atoms with Crippen LogP contribution in [-0.2, 0) is 4.79 Å². The quantitative estimate of drug-likeness (QED) is 0.911. The average Bonchev–Trinajstić information content (AvgIpc) is 3.00. The summed E-state index contributed by atoms with van der Waals surface area (Å²) in [5, 5.41) is 7.14. The number of nitrogens with one attached hydrogen (secondary N) is 1. The minimum atomic E-state index is -0.112. The topological polar surface area (TPSA) is 78.5 Å². The van der Waals surface area contributed by atoms with Crippen LogP contribution in [0.15, 0.2) is 30.3 Å². The van der Waals surface area contributed by atoms with Crippen molar-refractivity contribution in [2.75, 3.05) is 27.2 Å². The molecule has 2 aromatic rings. The van der Waals surface area contributed by atoms with Crippen LogP contribution < -0.4 is 4.74 Å². The van der Waals surface area contributed by atoms with E-state index in [-0.39, 0.29) is 23.8 Å². The fourth-order valence-corrected chi connectivity index (χ4v) is 3.92. The number of H-pyrrole nitrogens is 1. The van der Waals surface area contributed by atoms with Gasteiger partial charge in [0.05, 0.1) is 18.7 Å². The van der Waals surface area contributed by atoms with Gasteiger partial charge in [-0.15, -0.1) is 0 Å². The molecule has 1 aromatic carbocycles. The first kappa shape index (κ1) is 16.6. The van der Waals surface area contributed by atoms with E-state index in [0.717, 1.165) is 18.4 Å². The van der Waals surface area contributed by atoms with Gasteiger partial charge in [-0.2, -0.15) is 5.10 Å². The molecule has 3 aliphatic rings. The molecule has 1 N–H and O–H groups in total. The fourth-order valence-electron chi connectivity index (χ4n) is 3.92. The molecular weight excluding hydrogens is 332 g/mol. The second kappa shape index (κ2) is 6.48. The number of hydrogen-bond acceptors (Lipinski definition) is 4. The third-order valence-electron chi connectivity index (χ3n) is 5.44. The Kier molecular flexibility index (Phi) is 4.14. The van der Waals surface area contributed by atoms with Crippen molar-refractivity contribution in [2.24, 2.45) is 5.92 Å². The Morgan fingerprint density at radius 3 is 2.88 bits per heavy atom. The summed E-state index contributed by atoms with van der Waals surface area (Å²) in [6.07, 6.45) is 1.80. The Morgan fingerprint density at radius 2 is 2.08 bits per heavy atom. The van der Waals surface area contributed by atoms with Gasteiger partial charge in [0.2, 0.25) is 5.91 Å². The van der Waals surface area contributed by atoms with Crippen LogP contribution in [0.25, 0.3) is 11.3 Å². The first-order valence-corrected chi connectivity index (χ1v) is 8.83. The highest BCUT2D eigenvalue weighted by Crippen LogP contribution is 2.30. The maximum Gasteiger partial charge on any atom is 0.271 e. The van der Waals surface area contributed by atoms with Gasteiger partial charge in [-0.05, 0) is 31.0 Å². The first-order chi connectivity index (χ1) is 12.6. The predicted octanol–water partition coefficient (Wildman–Crippen LogP) is 1.78. The van der Waals surface area contributed by atoms with Gasteiger partial charge in [-0.1, -0.05) is 12.1 Å². The number of benzene rings is 1. The normalized spacial score (nSPS) is 22.5. The molecule has 1 aromatic heterocycles. The molecule has 0 aliphatic carbocycles. The van der Waals surface area contributed by atoms with Gasteiger partial charge in [0.15, 0.2) is 0 Å². The number of aromatic amines is 1. The zero-order chi connectivity index (χ0) is 18.3. The van der Waals surface area contributed by atoms with Gasteiger partial charge in [-0.3, -0.25) is 14.7 Å². The monoisotopic (exact) mass is 354 g/mol. The molecule has 3 saturated heterocycles. The SMILES string of the molecule is COc1ccccc1-c1cc(C(=O)N2CC3CCC(C2)N(C)C3=O)[nH]n1. The Hall–Kier alpha value is -2.83. The second-order valence-electron chi connectivity index (χ2n) is 6.95. The lowest BCUT2D eigenvalue weighted by Gasteiger charge is -2.32. The summed E-state index contributed by atoms with van der Waals surface area (Å²) in [6.45, 7) is 1.04. The predicted molar refractivity (Wildman–Crippen MR) is 95.8 cm³/mol. The number of para-hydroxylation sites is 1. The van der Waals surface area contributed by atoms with E-state index >= 15 is 0 Å². The zero-order valence-corrected chi connectivity index (χ0v) is 14.9. The van der Waals surface area contributed by atoms with Crippen LogP contribution in [0, 0.1) is 5.92 Å². The third kappa shape index (κ3) is 2.73. The molecule has 2 amide bonds. The number of carbonyl (C=O) groups excluding carboxylic acids is 2. The minimum Gasteiger partial charge on any atom is -0.496 e. The van der Waals surface area contributed by atoms with Gasteiger partial charge in [-0.25, -0.2) is 0 Å². The van der Waals surface area contributed by atoms with Crippen molar-refractivity contribution in [3.8, 4) is 17.0 Å². The summed E-state index contributed by atoms with van der Waals surface area (Å²) >= 11 is 0. The van der Waals surface area contributed by atoms with E-state index in [4.69, 9.17) is 4.74 Å². The molecule has 0 radical (unpaired) electrons. The van der Waals surface area contributed by atoms with Crippen molar-refractivity contribution in [1.82, 2.24) is 20.0 Å². The number of nitrogens with zero attached hydrogens (tertiary/aromatic N) is 3. The van der Waals surface area contributed by atoms with E-state index in [0.29, 0.717) is 30.2 Å². The lowest BCUT2D eigenvalue weighted by atomic mass is 9.95. The first-order valence-electron chi connectivity index (χ1n) is 8.83. The summed E-state index contributed by atoms with van der Waals surface area (Å²) in [5.41, 5.74) is 1.93. The number of methoxy groups -OCH3 is 1. The number of aromatic nitrogens is 2. The van der Waals surface area contributed by atoms with Gasteiger partial charge in [0.1, 0.15) is 11.4 Å². The maximum absolute atomic E-state index is 13.0. The largest absolute Gasteiger partial charge is 0.496 e. The van der Waals surface area contributed by atoms with Crippen LogP contribution in [0.5, 0.6) is 5.75 Å². The van der Waals surface area contributed by atoms with Crippen molar-refractivity contribution < 1.29 is 14.3 Å². The minimum absolute atomic E-state index is 0.0979. The summed E-state index contributed by atoms with van der Waals surface area (Å²) in [7, 11) is 3.45. The molecule has 26 heavy (non-hydrogen) atoms. The van der Waals surface area contributed by atoms with Crippen LogP contribution in [0.4, 0.5) is 0 Å². The van der Waals surface area contributed by atoms with Crippen molar-refractivity contribution >= 4 is 11.8 Å². The standard InChI is InChI=1S/C19H22N4O3/c1-22-13-8-7-12(18(22)24)10-23(11-13)19(25)16-9-15(20-21-16)14-5-3-4-6-17(14)26-2/h3-6,9,12-13H,7-8,10-11H2,1-2H3,(H,20,21). The number of rotatable bonds is 3. The van der Waals surface area contributed by atoms with Crippen LogP contribution >= 0.6 is 0 Å². The van der Waals surface area contributed by atoms with E-state index in [9.17, 15) is 9.59 Å². The summed E-state index contributed by atoms with van der Waals surface area (Å²) < 4.78 is 5.37. The number of amides is 2. The molecule has 7 heteroatoms. The molecule has 3 aliphatic heterocycles. The Bertz CT molecular complexity index is 847. The molecule has 2 bridgehead atoms. The van der Waals surface area contributed by atoms with E-state index in [2.05, 4.69) is 10.2 Å². The lowest BCUT2D eigenvalue weighted by Crippen LogP contribution is -2.45. The maximum atomic E-state index is 13.0. The van der Waals surface area contributed by atoms with Gasteiger partial charge in [0, 0.05) is 31.7 Å². The van der Waals surface area contributed by atoms with E-state index in [1.807, 2.05) is 31.3 Å². The smallest absolute Gasteiger partial charge is 0.271 e. The average molecular weight is 354 g/mol. The van der Waals surface area contributed by atoms with Crippen molar-refractivity contribution in [1.29, 1.82) is 0 Å². The number of likely N-dealkylation sites (N-methyl/N-ethyl adjacent to an activating group) is 1. The van der Waals surface area contributed by atoms with E-state index in [1.54, 1.807) is 23.0 Å². The lowest BCUT2D eigenvalue weighted by molar-refractivity contribution is -0.138. The van der Waals surface area contributed by atoms with Crippen LogP contribution in [-0.4, -0.2) is 65.1 Å². The number of ether oxygens (including phenoxy) is 1. The van der Waals surface area contributed by atoms with Gasteiger partial charge >= 0.3 is 0 Å². The number of carbonyl (C=O) groups is 2.